The van der Waals surface area contributed by atoms with Crippen molar-refractivity contribution < 1.29 is 9.47 Å². The molecule has 0 spiro atoms. The van der Waals surface area contributed by atoms with Gasteiger partial charge in [-0.25, -0.2) is 4.98 Å². The van der Waals surface area contributed by atoms with Gasteiger partial charge in [0.15, 0.2) is 0 Å². The Labute approximate surface area is 99.9 Å². The van der Waals surface area contributed by atoms with Gasteiger partial charge in [-0.1, -0.05) is 11.6 Å². The Bertz CT molecular complexity index is 354. The smallest absolute Gasteiger partial charge is 0.237 e. The minimum absolute atomic E-state index is 0.103. The van der Waals surface area contributed by atoms with Crippen molar-refractivity contribution in [3.8, 4) is 5.88 Å². The zero-order valence-electron chi connectivity index (χ0n) is 9.20. The molecule has 0 aromatic carbocycles. The van der Waals surface area contributed by atoms with Gasteiger partial charge in [0.25, 0.3) is 0 Å². The number of hydrogen-bond donors (Lipinski definition) is 1. The van der Waals surface area contributed by atoms with Crippen LogP contribution in [0.1, 0.15) is 13.3 Å². The SMILES string of the molecule is CCNc1cc(Cl)cnc1O[C@@H]1CCOC1. The van der Waals surface area contributed by atoms with Gasteiger partial charge in [0.1, 0.15) is 6.10 Å². The molecule has 16 heavy (non-hydrogen) atoms. The second-order valence-corrected chi connectivity index (χ2v) is 4.08. The Morgan fingerprint density at radius 3 is 3.25 bits per heavy atom. The normalized spacial score (nSPS) is 19.8. The largest absolute Gasteiger partial charge is 0.470 e. The summed E-state index contributed by atoms with van der Waals surface area (Å²) in [6.45, 7) is 4.22. The average Bonchev–Trinajstić information content (AvgIpc) is 2.75. The summed E-state index contributed by atoms with van der Waals surface area (Å²) in [6, 6.07) is 1.82. The van der Waals surface area contributed by atoms with Crippen LogP contribution in [-0.2, 0) is 4.74 Å². The zero-order valence-corrected chi connectivity index (χ0v) is 9.96. The molecule has 0 radical (unpaired) electrons. The third-order valence-corrected chi connectivity index (χ3v) is 2.56. The molecule has 4 nitrogen and oxygen atoms in total. The lowest BCUT2D eigenvalue weighted by atomic mass is 10.3. The van der Waals surface area contributed by atoms with Crippen LogP contribution < -0.4 is 10.1 Å². The van der Waals surface area contributed by atoms with Gasteiger partial charge >= 0.3 is 0 Å². The molecule has 1 aliphatic rings. The highest BCUT2D eigenvalue weighted by Gasteiger charge is 2.19. The van der Waals surface area contributed by atoms with Gasteiger partial charge in [-0.2, -0.15) is 0 Å². The highest BCUT2D eigenvalue weighted by molar-refractivity contribution is 6.30. The lowest BCUT2D eigenvalue weighted by molar-refractivity contribution is 0.138. The summed E-state index contributed by atoms with van der Waals surface area (Å²) in [5, 5.41) is 3.78. The van der Waals surface area contributed by atoms with E-state index in [4.69, 9.17) is 21.1 Å². The number of rotatable bonds is 4. The summed E-state index contributed by atoms with van der Waals surface area (Å²) in [7, 11) is 0. The van der Waals surface area contributed by atoms with Crippen molar-refractivity contribution in [3.63, 3.8) is 0 Å². The van der Waals surface area contributed by atoms with E-state index in [1.807, 2.05) is 13.0 Å². The predicted octanol–water partition coefficient (Wildman–Crippen LogP) is 2.33. The first-order valence-corrected chi connectivity index (χ1v) is 5.81. The van der Waals surface area contributed by atoms with E-state index >= 15 is 0 Å². The van der Waals surface area contributed by atoms with Crippen LogP contribution >= 0.6 is 11.6 Å². The molecule has 2 rings (SSSR count). The predicted molar refractivity (Wildman–Crippen MR) is 63.3 cm³/mol. The Morgan fingerprint density at radius 1 is 1.69 bits per heavy atom. The average molecular weight is 243 g/mol. The molecule has 0 saturated carbocycles. The van der Waals surface area contributed by atoms with E-state index in [1.54, 1.807) is 6.20 Å². The third-order valence-electron chi connectivity index (χ3n) is 2.35. The first-order chi connectivity index (χ1) is 7.79. The van der Waals surface area contributed by atoms with Crippen molar-refractivity contribution in [1.29, 1.82) is 0 Å². The number of hydrogen-bond acceptors (Lipinski definition) is 4. The molecule has 0 bridgehead atoms. The molecule has 5 heteroatoms. The van der Waals surface area contributed by atoms with Gasteiger partial charge in [-0.15, -0.1) is 0 Å². The second-order valence-electron chi connectivity index (χ2n) is 3.64. The Morgan fingerprint density at radius 2 is 2.56 bits per heavy atom. The molecular formula is C11H15ClN2O2. The van der Waals surface area contributed by atoms with Crippen LogP contribution in [0.3, 0.4) is 0 Å². The minimum Gasteiger partial charge on any atom is -0.470 e. The van der Waals surface area contributed by atoms with Gasteiger partial charge in [-0.05, 0) is 13.0 Å². The highest BCUT2D eigenvalue weighted by atomic mass is 35.5. The molecule has 0 unspecified atom stereocenters. The van der Waals surface area contributed by atoms with Crippen LogP contribution in [0, 0.1) is 0 Å². The van der Waals surface area contributed by atoms with E-state index in [0.717, 1.165) is 25.3 Å². The summed E-state index contributed by atoms with van der Waals surface area (Å²) in [6.07, 6.45) is 2.61. The molecule has 1 aromatic rings. The van der Waals surface area contributed by atoms with E-state index in [1.165, 1.54) is 0 Å². The Hall–Kier alpha value is -1.00. The summed E-state index contributed by atoms with van der Waals surface area (Å²) in [5.41, 5.74) is 0.835. The number of nitrogens with zero attached hydrogens (tertiary/aromatic N) is 1. The van der Waals surface area contributed by atoms with Crippen molar-refractivity contribution in [2.75, 3.05) is 25.1 Å². The monoisotopic (exact) mass is 242 g/mol. The third kappa shape index (κ3) is 2.77. The van der Waals surface area contributed by atoms with Crippen LogP contribution in [0.25, 0.3) is 0 Å². The van der Waals surface area contributed by atoms with Crippen molar-refractivity contribution >= 4 is 17.3 Å². The van der Waals surface area contributed by atoms with E-state index in [-0.39, 0.29) is 6.10 Å². The number of aromatic nitrogens is 1. The summed E-state index contributed by atoms with van der Waals surface area (Å²) >= 11 is 5.89. The lowest BCUT2D eigenvalue weighted by Crippen LogP contribution is -2.17. The Balaban J connectivity index is 2.11. The van der Waals surface area contributed by atoms with E-state index in [0.29, 0.717) is 17.5 Å². The maximum Gasteiger partial charge on any atom is 0.237 e. The van der Waals surface area contributed by atoms with Gasteiger partial charge in [0.05, 0.1) is 23.9 Å². The fourth-order valence-corrected chi connectivity index (χ4v) is 1.76. The number of ether oxygens (including phenoxy) is 2. The fraction of sp³-hybridized carbons (Fsp3) is 0.545. The fourth-order valence-electron chi connectivity index (χ4n) is 1.60. The first kappa shape index (κ1) is 11.5. The molecule has 1 aliphatic heterocycles. The van der Waals surface area contributed by atoms with Crippen LogP contribution in [-0.4, -0.2) is 30.8 Å². The topological polar surface area (TPSA) is 43.4 Å². The molecule has 0 aliphatic carbocycles. The molecule has 0 amide bonds. The summed E-state index contributed by atoms with van der Waals surface area (Å²) in [5.74, 6) is 0.599. The maximum absolute atomic E-state index is 5.89. The number of anilines is 1. The van der Waals surface area contributed by atoms with Gasteiger partial charge in [-0.3, -0.25) is 0 Å². The minimum atomic E-state index is 0.103. The molecule has 2 heterocycles. The van der Waals surface area contributed by atoms with Gasteiger partial charge in [0, 0.05) is 19.2 Å². The zero-order chi connectivity index (χ0) is 11.4. The van der Waals surface area contributed by atoms with E-state index in [9.17, 15) is 0 Å². The molecule has 1 atom stereocenters. The van der Waals surface area contributed by atoms with Crippen molar-refractivity contribution in [3.05, 3.63) is 17.3 Å². The molecule has 1 fully saturated rings. The highest BCUT2D eigenvalue weighted by Crippen LogP contribution is 2.26. The lowest BCUT2D eigenvalue weighted by Gasteiger charge is -2.14. The number of nitrogens with one attached hydrogen (secondary N) is 1. The van der Waals surface area contributed by atoms with Crippen LogP contribution in [0.5, 0.6) is 5.88 Å². The van der Waals surface area contributed by atoms with Crippen LogP contribution in [0.2, 0.25) is 5.02 Å². The molecule has 1 N–H and O–H groups in total. The Kier molecular flexibility index (Phi) is 3.85. The summed E-state index contributed by atoms with van der Waals surface area (Å²) < 4.78 is 11.0. The van der Waals surface area contributed by atoms with Crippen molar-refractivity contribution in [1.82, 2.24) is 4.98 Å². The van der Waals surface area contributed by atoms with E-state index in [2.05, 4.69) is 10.3 Å². The summed E-state index contributed by atoms with van der Waals surface area (Å²) in [4.78, 5) is 4.19. The van der Waals surface area contributed by atoms with Crippen molar-refractivity contribution in [2.45, 2.75) is 19.4 Å². The van der Waals surface area contributed by atoms with Crippen molar-refractivity contribution in [2.24, 2.45) is 0 Å². The van der Waals surface area contributed by atoms with E-state index < -0.39 is 0 Å². The molecule has 1 aromatic heterocycles. The molecular weight excluding hydrogens is 228 g/mol. The number of pyridine rings is 1. The standard InChI is InChI=1S/C11H15ClN2O2/c1-2-13-10-5-8(12)6-14-11(10)16-9-3-4-15-7-9/h5-6,9,13H,2-4,7H2,1H3/t9-/m1/s1. The van der Waals surface area contributed by atoms with Gasteiger partial charge in [0.2, 0.25) is 5.88 Å². The molecule has 88 valence electrons. The second kappa shape index (κ2) is 5.37. The molecule has 1 saturated heterocycles. The quantitative estimate of drug-likeness (QED) is 0.880. The first-order valence-electron chi connectivity index (χ1n) is 5.43. The number of halogens is 1. The van der Waals surface area contributed by atoms with Crippen LogP contribution in [0.4, 0.5) is 5.69 Å². The maximum atomic E-state index is 5.89. The van der Waals surface area contributed by atoms with Gasteiger partial charge < -0.3 is 14.8 Å². The van der Waals surface area contributed by atoms with Crippen LogP contribution in [0.15, 0.2) is 12.3 Å².